The van der Waals surface area contributed by atoms with Gasteiger partial charge in [0.2, 0.25) is 0 Å². The molecule has 9 heteroatoms. The van der Waals surface area contributed by atoms with E-state index in [0.29, 0.717) is 28.7 Å². The Balaban J connectivity index is 1.60. The topological polar surface area (TPSA) is 77.3 Å². The zero-order valence-corrected chi connectivity index (χ0v) is 17.1. The summed E-state index contributed by atoms with van der Waals surface area (Å²) in [7, 11) is 1.43. The van der Waals surface area contributed by atoms with E-state index < -0.39 is 17.8 Å². The standard InChI is InChI=1S/C22H22F3N3O3/c1-12-6-8-13(9-7-12)21-28-16-10-17(30-2)15(11-18(16)31-21)27-20(29)14-4-3-5-19(26-14)22(23,24)25/h3-5,10-13H,6-9H2,1-2H3,(H,27,29). The molecule has 164 valence electrons. The summed E-state index contributed by atoms with van der Waals surface area (Å²) in [6, 6.07) is 6.38. The third-order valence-corrected chi connectivity index (χ3v) is 5.61. The van der Waals surface area contributed by atoms with Crippen molar-refractivity contribution in [1.82, 2.24) is 9.97 Å². The van der Waals surface area contributed by atoms with Gasteiger partial charge in [-0.3, -0.25) is 4.79 Å². The molecule has 4 rings (SSSR count). The summed E-state index contributed by atoms with van der Waals surface area (Å²) in [5.41, 5.74) is -0.155. The predicted molar refractivity (Wildman–Crippen MR) is 108 cm³/mol. The van der Waals surface area contributed by atoms with E-state index in [0.717, 1.165) is 37.8 Å². The van der Waals surface area contributed by atoms with Gasteiger partial charge in [-0.25, -0.2) is 9.97 Å². The van der Waals surface area contributed by atoms with Crippen LogP contribution in [-0.2, 0) is 6.18 Å². The highest BCUT2D eigenvalue weighted by molar-refractivity contribution is 6.04. The summed E-state index contributed by atoms with van der Waals surface area (Å²) in [5, 5.41) is 2.56. The number of amides is 1. The molecular formula is C22H22F3N3O3. The SMILES string of the molecule is COc1cc2nc(C3CCC(C)CC3)oc2cc1NC(=O)c1cccc(C(F)(F)F)n1. The van der Waals surface area contributed by atoms with Gasteiger partial charge in [-0.2, -0.15) is 13.2 Å². The van der Waals surface area contributed by atoms with Gasteiger partial charge in [-0.1, -0.05) is 13.0 Å². The van der Waals surface area contributed by atoms with Crippen molar-refractivity contribution in [2.75, 3.05) is 12.4 Å². The number of halogens is 3. The summed E-state index contributed by atoms with van der Waals surface area (Å²) < 4.78 is 50.0. The molecule has 1 fully saturated rings. The van der Waals surface area contributed by atoms with Gasteiger partial charge in [0.1, 0.15) is 22.7 Å². The molecule has 0 bridgehead atoms. The summed E-state index contributed by atoms with van der Waals surface area (Å²) >= 11 is 0. The molecule has 2 heterocycles. The van der Waals surface area contributed by atoms with Crippen LogP contribution in [-0.4, -0.2) is 23.0 Å². The number of fused-ring (bicyclic) bond motifs is 1. The zero-order chi connectivity index (χ0) is 22.2. The Kier molecular flexibility index (Phi) is 5.60. The van der Waals surface area contributed by atoms with E-state index in [1.165, 1.54) is 13.2 Å². The van der Waals surface area contributed by atoms with Crippen molar-refractivity contribution in [2.24, 2.45) is 5.92 Å². The monoisotopic (exact) mass is 433 g/mol. The largest absolute Gasteiger partial charge is 0.494 e. The first-order valence-corrected chi connectivity index (χ1v) is 10.1. The fourth-order valence-corrected chi connectivity index (χ4v) is 3.83. The van der Waals surface area contributed by atoms with E-state index in [1.807, 2.05) is 0 Å². The Hall–Kier alpha value is -3.10. The molecule has 1 aliphatic rings. The Morgan fingerprint density at radius 2 is 1.90 bits per heavy atom. The molecule has 0 aliphatic heterocycles. The smallest absolute Gasteiger partial charge is 0.433 e. The molecule has 1 N–H and O–H groups in total. The number of carbonyl (C=O) groups excluding carboxylic acids is 1. The average Bonchev–Trinajstić information content (AvgIpc) is 3.16. The quantitative estimate of drug-likeness (QED) is 0.563. The number of nitrogens with zero attached hydrogens (tertiary/aromatic N) is 2. The van der Waals surface area contributed by atoms with E-state index in [-0.39, 0.29) is 17.3 Å². The van der Waals surface area contributed by atoms with Crippen molar-refractivity contribution in [3.05, 3.63) is 47.6 Å². The van der Waals surface area contributed by atoms with Crippen LogP contribution in [0.25, 0.3) is 11.1 Å². The molecule has 1 aromatic carbocycles. The number of nitrogens with one attached hydrogen (secondary N) is 1. The normalized spacial score (nSPS) is 19.4. The van der Waals surface area contributed by atoms with E-state index in [4.69, 9.17) is 9.15 Å². The van der Waals surface area contributed by atoms with Crippen LogP contribution in [0.5, 0.6) is 5.75 Å². The predicted octanol–water partition coefficient (Wildman–Crippen LogP) is 5.80. The summed E-state index contributed by atoms with van der Waals surface area (Å²) in [6.07, 6.45) is -0.373. The lowest BCUT2D eigenvalue weighted by Gasteiger charge is -2.23. The number of rotatable bonds is 4. The molecule has 0 atom stereocenters. The Labute approximate surface area is 176 Å². The van der Waals surface area contributed by atoms with Gasteiger partial charge < -0.3 is 14.5 Å². The number of oxazole rings is 1. The summed E-state index contributed by atoms with van der Waals surface area (Å²) in [5.74, 6) is 1.15. The number of alkyl halides is 3. The van der Waals surface area contributed by atoms with Gasteiger partial charge in [-0.15, -0.1) is 0 Å². The fourth-order valence-electron chi connectivity index (χ4n) is 3.83. The average molecular weight is 433 g/mol. The molecule has 1 saturated carbocycles. The zero-order valence-electron chi connectivity index (χ0n) is 17.1. The van der Waals surface area contributed by atoms with Crippen LogP contribution >= 0.6 is 0 Å². The van der Waals surface area contributed by atoms with Crippen LogP contribution in [0.1, 0.15) is 60.6 Å². The third-order valence-electron chi connectivity index (χ3n) is 5.61. The van der Waals surface area contributed by atoms with E-state index in [1.54, 1.807) is 12.1 Å². The molecule has 0 spiro atoms. The minimum absolute atomic E-state index is 0.252. The highest BCUT2D eigenvalue weighted by atomic mass is 19.4. The maximum atomic E-state index is 12.9. The van der Waals surface area contributed by atoms with Crippen molar-refractivity contribution in [3.63, 3.8) is 0 Å². The lowest BCUT2D eigenvalue weighted by atomic mass is 9.83. The van der Waals surface area contributed by atoms with Crippen molar-refractivity contribution >= 4 is 22.7 Å². The van der Waals surface area contributed by atoms with E-state index >= 15 is 0 Å². The number of hydrogen-bond acceptors (Lipinski definition) is 5. The number of anilines is 1. The van der Waals surface area contributed by atoms with E-state index in [2.05, 4.69) is 22.2 Å². The van der Waals surface area contributed by atoms with Gasteiger partial charge in [0.05, 0.1) is 12.8 Å². The van der Waals surface area contributed by atoms with Crippen LogP contribution in [0, 0.1) is 5.92 Å². The van der Waals surface area contributed by atoms with Gasteiger partial charge in [0.15, 0.2) is 11.5 Å². The molecule has 0 saturated heterocycles. The second kappa shape index (κ2) is 8.20. The summed E-state index contributed by atoms with van der Waals surface area (Å²) in [4.78, 5) is 20.5. The van der Waals surface area contributed by atoms with Crippen LogP contribution in [0.4, 0.5) is 18.9 Å². The number of pyridine rings is 1. The molecule has 6 nitrogen and oxygen atoms in total. The molecule has 0 radical (unpaired) electrons. The van der Waals surface area contributed by atoms with Crippen molar-refractivity contribution < 1.29 is 27.1 Å². The Morgan fingerprint density at radius 1 is 1.16 bits per heavy atom. The van der Waals surface area contributed by atoms with Crippen LogP contribution in [0.2, 0.25) is 0 Å². The number of carbonyl (C=O) groups is 1. The molecule has 2 aromatic heterocycles. The molecule has 31 heavy (non-hydrogen) atoms. The lowest BCUT2D eigenvalue weighted by Crippen LogP contribution is -2.17. The van der Waals surface area contributed by atoms with Crippen molar-refractivity contribution in [3.8, 4) is 5.75 Å². The molecule has 3 aromatic rings. The van der Waals surface area contributed by atoms with Crippen LogP contribution < -0.4 is 10.1 Å². The molecule has 1 aliphatic carbocycles. The second-order valence-corrected chi connectivity index (χ2v) is 7.89. The minimum Gasteiger partial charge on any atom is -0.494 e. The number of aromatic nitrogens is 2. The maximum Gasteiger partial charge on any atom is 0.433 e. The van der Waals surface area contributed by atoms with Crippen LogP contribution in [0.3, 0.4) is 0 Å². The Morgan fingerprint density at radius 3 is 2.58 bits per heavy atom. The maximum absolute atomic E-state index is 12.9. The van der Waals surface area contributed by atoms with E-state index in [9.17, 15) is 18.0 Å². The third kappa shape index (κ3) is 4.50. The van der Waals surface area contributed by atoms with Gasteiger partial charge in [0, 0.05) is 18.1 Å². The lowest BCUT2D eigenvalue weighted by molar-refractivity contribution is -0.141. The molecular weight excluding hydrogens is 411 g/mol. The van der Waals surface area contributed by atoms with Gasteiger partial charge in [-0.05, 0) is 43.7 Å². The Bertz CT molecular complexity index is 1100. The number of benzene rings is 1. The van der Waals surface area contributed by atoms with Crippen molar-refractivity contribution in [2.45, 2.75) is 44.7 Å². The number of hydrogen-bond donors (Lipinski definition) is 1. The highest BCUT2D eigenvalue weighted by Gasteiger charge is 2.33. The number of methoxy groups -OCH3 is 1. The summed E-state index contributed by atoms with van der Waals surface area (Å²) in [6.45, 7) is 2.24. The highest BCUT2D eigenvalue weighted by Crippen LogP contribution is 2.38. The number of ether oxygens (including phenoxy) is 1. The first-order valence-electron chi connectivity index (χ1n) is 10.1. The second-order valence-electron chi connectivity index (χ2n) is 7.89. The minimum atomic E-state index is -4.64. The van der Waals surface area contributed by atoms with Crippen molar-refractivity contribution in [1.29, 1.82) is 0 Å². The first kappa shape index (κ1) is 21.1. The molecule has 0 unspecified atom stereocenters. The molecule has 1 amide bonds. The van der Waals surface area contributed by atoms with Gasteiger partial charge in [0.25, 0.3) is 5.91 Å². The first-order chi connectivity index (χ1) is 14.7. The fraction of sp³-hybridized carbons (Fsp3) is 0.409. The van der Waals surface area contributed by atoms with Crippen LogP contribution in [0.15, 0.2) is 34.7 Å². The van der Waals surface area contributed by atoms with Gasteiger partial charge >= 0.3 is 6.18 Å².